The molecular formula is C15H20N2O3. The van der Waals surface area contributed by atoms with Gasteiger partial charge >= 0.3 is 5.97 Å². The van der Waals surface area contributed by atoms with Gasteiger partial charge < -0.3 is 10.0 Å². The second kappa shape index (κ2) is 5.23. The maximum absolute atomic E-state index is 12.6. The molecule has 1 saturated heterocycles. The standard InChI is InChI=1S/C15H20N2O3/c1-10-7-11(9-16-8-10)13(18)17-6-4-5-15(2,3)12(17)14(19)20/h7-9,12H,4-6H2,1-3H3,(H,19,20). The van der Waals surface area contributed by atoms with E-state index in [-0.39, 0.29) is 5.91 Å². The molecule has 1 aliphatic rings. The fourth-order valence-electron chi connectivity index (χ4n) is 2.92. The minimum Gasteiger partial charge on any atom is -0.480 e. The Morgan fingerprint density at radius 3 is 2.70 bits per heavy atom. The smallest absolute Gasteiger partial charge is 0.326 e. The van der Waals surface area contributed by atoms with E-state index >= 15 is 0 Å². The highest BCUT2D eigenvalue weighted by Crippen LogP contribution is 2.36. The zero-order chi connectivity index (χ0) is 14.9. The van der Waals surface area contributed by atoms with Crippen LogP contribution in [0.1, 0.15) is 42.6 Å². The summed E-state index contributed by atoms with van der Waals surface area (Å²) in [6, 6.07) is 0.958. The van der Waals surface area contributed by atoms with Gasteiger partial charge in [-0.3, -0.25) is 9.78 Å². The number of piperidine rings is 1. The second-order valence-electron chi connectivity index (χ2n) is 6.08. The second-order valence-corrected chi connectivity index (χ2v) is 6.08. The highest BCUT2D eigenvalue weighted by atomic mass is 16.4. The molecule has 0 bridgehead atoms. The van der Waals surface area contributed by atoms with E-state index in [0.717, 1.165) is 18.4 Å². The van der Waals surface area contributed by atoms with E-state index in [1.54, 1.807) is 12.3 Å². The van der Waals surface area contributed by atoms with E-state index in [2.05, 4.69) is 4.98 Å². The third-order valence-corrected chi connectivity index (χ3v) is 3.89. The first-order chi connectivity index (χ1) is 9.33. The summed E-state index contributed by atoms with van der Waals surface area (Å²) in [6.07, 6.45) is 4.79. The summed E-state index contributed by atoms with van der Waals surface area (Å²) < 4.78 is 0. The number of aromatic nitrogens is 1. The summed E-state index contributed by atoms with van der Waals surface area (Å²) >= 11 is 0. The van der Waals surface area contributed by atoms with Crippen LogP contribution in [-0.2, 0) is 4.79 Å². The monoisotopic (exact) mass is 276 g/mol. The van der Waals surface area contributed by atoms with Crippen molar-refractivity contribution >= 4 is 11.9 Å². The molecule has 2 heterocycles. The maximum atomic E-state index is 12.6. The van der Waals surface area contributed by atoms with Gasteiger partial charge in [0.05, 0.1) is 5.56 Å². The van der Waals surface area contributed by atoms with Crippen LogP contribution in [-0.4, -0.2) is 39.5 Å². The Bertz CT molecular complexity index is 540. The highest BCUT2D eigenvalue weighted by Gasteiger charge is 2.44. The SMILES string of the molecule is Cc1cncc(C(=O)N2CCCC(C)(C)C2C(=O)O)c1. The molecule has 1 aromatic rings. The number of pyridine rings is 1. The minimum absolute atomic E-state index is 0.249. The molecule has 1 aliphatic heterocycles. The number of rotatable bonds is 2. The van der Waals surface area contributed by atoms with Crippen LogP contribution in [0.4, 0.5) is 0 Å². The Balaban J connectivity index is 2.34. The lowest BCUT2D eigenvalue weighted by atomic mass is 9.76. The summed E-state index contributed by atoms with van der Waals surface area (Å²) in [5.74, 6) is -1.19. The Kier molecular flexibility index (Phi) is 3.79. The molecular weight excluding hydrogens is 256 g/mol. The van der Waals surface area contributed by atoms with E-state index in [9.17, 15) is 14.7 Å². The average molecular weight is 276 g/mol. The van der Waals surface area contributed by atoms with Crippen molar-refractivity contribution in [3.8, 4) is 0 Å². The van der Waals surface area contributed by atoms with E-state index in [1.807, 2.05) is 20.8 Å². The maximum Gasteiger partial charge on any atom is 0.326 e. The molecule has 0 aliphatic carbocycles. The van der Waals surface area contributed by atoms with Gasteiger partial charge in [0.2, 0.25) is 0 Å². The summed E-state index contributed by atoms with van der Waals surface area (Å²) in [5.41, 5.74) is 0.921. The lowest BCUT2D eigenvalue weighted by molar-refractivity contribution is -0.148. The van der Waals surface area contributed by atoms with Crippen LogP contribution in [0.3, 0.4) is 0 Å². The van der Waals surface area contributed by atoms with Gasteiger partial charge in [0.15, 0.2) is 0 Å². The number of hydrogen-bond acceptors (Lipinski definition) is 3. The van der Waals surface area contributed by atoms with Crippen molar-refractivity contribution in [3.63, 3.8) is 0 Å². The van der Waals surface area contributed by atoms with Crippen molar-refractivity contribution in [1.82, 2.24) is 9.88 Å². The third kappa shape index (κ3) is 2.66. The molecule has 0 spiro atoms. The number of carbonyl (C=O) groups excluding carboxylic acids is 1. The number of amides is 1. The molecule has 0 aromatic carbocycles. The van der Waals surface area contributed by atoms with Crippen molar-refractivity contribution in [3.05, 3.63) is 29.6 Å². The zero-order valence-corrected chi connectivity index (χ0v) is 12.1. The van der Waals surface area contributed by atoms with Gasteiger partial charge in [0, 0.05) is 18.9 Å². The van der Waals surface area contributed by atoms with Gasteiger partial charge in [-0.25, -0.2) is 4.79 Å². The molecule has 1 fully saturated rings. The molecule has 1 N–H and O–H groups in total. The van der Waals surface area contributed by atoms with Crippen LogP contribution in [0.5, 0.6) is 0 Å². The molecule has 20 heavy (non-hydrogen) atoms. The number of carboxylic acids is 1. The predicted octanol–water partition coefficient (Wildman–Crippen LogP) is 2.11. The van der Waals surface area contributed by atoms with E-state index in [1.165, 1.54) is 11.1 Å². The van der Waals surface area contributed by atoms with Crippen LogP contribution >= 0.6 is 0 Å². The zero-order valence-electron chi connectivity index (χ0n) is 12.1. The van der Waals surface area contributed by atoms with Gasteiger partial charge in [-0.1, -0.05) is 13.8 Å². The number of carbonyl (C=O) groups is 2. The highest BCUT2D eigenvalue weighted by molar-refractivity contribution is 5.96. The summed E-state index contributed by atoms with van der Waals surface area (Å²) in [4.78, 5) is 29.6. The first kappa shape index (κ1) is 14.5. The topological polar surface area (TPSA) is 70.5 Å². The fraction of sp³-hybridized carbons (Fsp3) is 0.533. The Labute approximate surface area is 118 Å². The van der Waals surface area contributed by atoms with Gasteiger partial charge in [-0.05, 0) is 36.8 Å². The third-order valence-electron chi connectivity index (χ3n) is 3.89. The molecule has 2 rings (SSSR count). The average Bonchev–Trinajstić information content (AvgIpc) is 2.35. The fourth-order valence-corrected chi connectivity index (χ4v) is 2.92. The van der Waals surface area contributed by atoms with Crippen LogP contribution in [0.2, 0.25) is 0 Å². The van der Waals surface area contributed by atoms with Gasteiger partial charge in [-0.15, -0.1) is 0 Å². The first-order valence-corrected chi connectivity index (χ1v) is 6.78. The number of carboxylic acid groups (broad SMARTS) is 1. The van der Waals surface area contributed by atoms with Crippen LogP contribution in [0.15, 0.2) is 18.5 Å². The first-order valence-electron chi connectivity index (χ1n) is 6.78. The molecule has 0 radical (unpaired) electrons. The summed E-state index contributed by atoms with van der Waals surface area (Å²) in [5, 5.41) is 9.49. The van der Waals surface area contributed by atoms with Crippen molar-refractivity contribution < 1.29 is 14.7 Å². The predicted molar refractivity (Wildman–Crippen MR) is 74.4 cm³/mol. The van der Waals surface area contributed by atoms with E-state index in [4.69, 9.17) is 0 Å². The van der Waals surface area contributed by atoms with Crippen molar-refractivity contribution in [2.45, 2.75) is 39.7 Å². The van der Waals surface area contributed by atoms with Gasteiger partial charge in [0.1, 0.15) is 6.04 Å². The molecule has 1 atom stereocenters. The molecule has 0 saturated carbocycles. The van der Waals surface area contributed by atoms with Crippen LogP contribution in [0.25, 0.3) is 0 Å². The van der Waals surface area contributed by atoms with Crippen LogP contribution in [0, 0.1) is 12.3 Å². The Morgan fingerprint density at radius 2 is 2.10 bits per heavy atom. The van der Waals surface area contributed by atoms with Gasteiger partial charge in [-0.2, -0.15) is 0 Å². The molecule has 1 unspecified atom stereocenters. The molecule has 108 valence electrons. The number of hydrogen-bond donors (Lipinski definition) is 1. The summed E-state index contributed by atoms with van der Waals surface area (Å²) in [7, 11) is 0. The molecule has 5 heteroatoms. The minimum atomic E-state index is -0.941. The van der Waals surface area contributed by atoms with Crippen molar-refractivity contribution in [2.75, 3.05) is 6.54 Å². The van der Waals surface area contributed by atoms with E-state index < -0.39 is 17.4 Å². The molecule has 5 nitrogen and oxygen atoms in total. The summed E-state index contributed by atoms with van der Waals surface area (Å²) in [6.45, 7) is 6.14. The van der Waals surface area contributed by atoms with Gasteiger partial charge in [0.25, 0.3) is 5.91 Å². The van der Waals surface area contributed by atoms with Crippen molar-refractivity contribution in [2.24, 2.45) is 5.41 Å². The lowest BCUT2D eigenvalue weighted by Gasteiger charge is -2.44. The normalized spacial score (nSPS) is 21.6. The molecule has 1 amide bonds. The quantitative estimate of drug-likeness (QED) is 0.898. The Hall–Kier alpha value is -1.91. The number of likely N-dealkylation sites (tertiary alicyclic amines) is 1. The van der Waals surface area contributed by atoms with Crippen LogP contribution < -0.4 is 0 Å². The van der Waals surface area contributed by atoms with E-state index in [0.29, 0.717) is 12.1 Å². The lowest BCUT2D eigenvalue weighted by Crippen LogP contribution is -2.56. The Morgan fingerprint density at radius 1 is 1.40 bits per heavy atom. The number of aliphatic carboxylic acids is 1. The largest absolute Gasteiger partial charge is 0.480 e. The van der Waals surface area contributed by atoms with Crippen molar-refractivity contribution in [1.29, 1.82) is 0 Å². The number of aryl methyl sites for hydroxylation is 1. The number of nitrogens with zero attached hydrogens (tertiary/aromatic N) is 2. The molecule has 1 aromatic heterocycles.